The first-order chi connectivity index (χ1) is 13.0. The van der Waals surface area contributed by atoms with Gasteiger partial charge in [-0.2, -0.15) is 15.6 Å². The van der Waals surface area contributed by atoms with Crippen LogP contribution in [-0.2, 0) is 16.6 Å². The van der Waals surface area contributed by atoms with Crippen LogP contribution in [0.1, 0.15) is 12.8 Å². The van der Waals surface area contributed by atoms with E-state index in [1.165, 1.54) is 10.9 Å². The predicted molar refractivity (Wildman–Crippen MR) is 101 cm³/mol. The van der Waals surface area contributed by atoms with Crippen molar-refractivity contribution < 1.29 is 4.21 Å². The van der Waals surface area contributed by atoms with Crippen LogP contribution in [0.25, 0.3) is 11.0 Å². The van der Waals surface area contributed by atoms with E-state index in [1.54, 1.807) is 10.5 Å². The zero-order chi connectivity index (χ0) is 19.4. The number of hydrogen-bond donors (Lipinski definition) is 2. The average Bonchev–Trinajstić information content (AvgIpc) is 2.97. The Kier molecular flexibility index (Phi) is 5.77. The minimum Gasteiger partial charge on any atom is -0.384 e. The second kappa shape index (κ2) is 8.06. The van der Waals surface area contributed by atoms with Gasteiger partial charge in [-0.3, -0.25) is 0 Å². The quantitative estimate of drug-likeness (QED) is 0.716. The largest absolute Gasteiger partial charge is 0.384 e. The van der Waals surface area contributed by atoms with Crippen LogP contribution in [0.3, 0.4) is 0 Å². The monoisotopic (exact) mass is 407 g/mol. The number of fused-ring (bicyclic) bond motifs is 1. The van der Waals surface area contributed by atoms with Gasteiger partial charge in [0.15, 0.2) is 20.9 Å². The van der Waals surface area contributed by atoms with Gasteiger partial charge in [-0.15, -0.1) is 0 Å². The van der Waals surface area contributed by atoms with Crippen LogP contribution in [0.15, 0.2) is 16.6 Å². The van der Waals surface area contributed by atoms with E-state index < -0.39 is 10.1 Å². The third-order valence-electron chi connectivity index (χ3n) is 4.51. The van der Waals surface area contributed by atoms with Crippen molar-refractivity contribution in [1.29, 1.82) is 10.5 Å². The maximum atomic E-state index is 12.1. The van der Waals surface area contributed by atoms with E-state index in [0.717, 1.165) is 18.5 Å². The Morgan fingerprint density at radius 1 is 1.44 bits per heavy atom. The minimum atomic E-state index is -3.10. The number of piperidine rings is 1. The molecule has 0 spiro atoms. The lowest BCUT2D eigenvalue weighted by Gasteiger charge is -2.31. The number of pyridine rings is 1. The Labute approximate surface area is 162 Å². The van der Waals surface area contributed by atoms with Crippen LogP contribution in [0, 0.1) is 28.7 Å². The molecule has 1 aliphatic heterocycles. The van der Waals surface area contributed by atoms with E-state index in [2.05, 4.69) is 19.8 Å². The molecular formula is C15H18ClN9OS. The maximum absolute atomic E-state index is 12.1. The van der Waals surface area contributed by atoms with Gasteiger partial charge in [0, 0.05) is 31.5 Å². The molecule has 142 valence electrons. The zero-order valence-corrected chi connectivity index (χ0v) is 15.9. The number of halogens is 1. The van der Waals surface area contributed by atoms with Gasteiger partial charge in [-0.05, 0) is 24.8 Å². The fourth-order valence-electron chi connectivity index (χ4n) is 3.12. The normalized spacial score (nSPS) is 17.8. The molecule has 1 atom stereocenters. The van der Waals surface area contributed by atoms with Crippen LogP contribution in [0.2, 0.25) is 5.15 Å². The van der Waals surface area contributed by atoms with Gasteiger partial charge in [-0.25, -0.2) is 23.3 Å². The molecular weight excluding hydrogens is 390 g/mol. The maximum Gasteiger partial charge on any atom is 0.216 e. The molecule has 0 bridgehead atoms. The van der Waals surface area contributed by atoms with Gasteiger partial charge in [-0.1, -0.05) is 16.0 Å². The molecule has 27 heavy (non-hydrogen) atoms. The van der Waals surface area contributed by atoms with Crippen LogP contribution < -0.4 is 10.5 Å². The number of hydrogen-bond acceptors (Lipinski definition) is 7. The number of nitrogens with one attached hydrogen (secondary N) is 1. The molecule has 0 amide bonds. The lowest BCUT2D eigenvalue weighted by molar-refractivity contribution is 0.290. The van der Waals surface area contributed by atoms with Crippen molar-refractivity contribution in [1.82, 2.24) is 19.1 Å². The second-order valence-corrected chi connectivity index (χ2v) is 8.28. The first-order valence-corrected chi connectivity index (χ1v) is 10.2. The molecule has 12 heteroatoms. The van der Waals surface area contributed by atoms with Gasteiger partial charge in [0.1, 0.15) is 6.54 Å². The topological polar surface area (TPSA) is 149 Å². The van der Waals surface area contributed by atoms with Crippen molar-refractivity contribution in [2.24, 2.45) is 15.4 Å². The van der Waals surface area contributed by atoms with E-state index in [1.807, 2.05) is 12.1 Å². The van der Waals surface area contributed by atoms with E-state index in [0.29, 0.717) is 41.7 Å². The molecule has 2 aromatic heterocycles. The van der Waals surface area contributed by atoms with Crippen molar-refractivity contribution >= 4 is 38.4 Å². The summed E-state index contributed by atoms with van der Waals surface area (Å²) in [5, 5.41) is 31.6. The molecule has 0 aliphatic carbocycles. The number of nitrogens with zero attached hydrogens (tertiary/aromatic N) is 7. The summed E-state index contributed by atoms with van der Waals surface area (Å²) in [5.74, 6) is 0.342. The fourth-order valence-corrected chi connectivity index (χ4v) is 4.37. The smallest absolute Gasteiger partial charge is 0.216 e. The Balaban J connectivity index is 1.67. The van der Waals surface area contributed by atoms with Gasteiger partial charge in [0.05, 0.1) is 11.5 Å². The van der Waals surface area contributed by atoms with E-state index in [-0.39, 0.29) is 6.54 Å². The standard InChI is InChI=1S/C15H18ClN9OS/c16-14-13-12(1-5-20-15(13)25(23-14)8-4-17)21-9-11-2-6-24(7-3-11)27(19,26)22-10-18/h1,5,11H,2-3,6-9H2,(H,20,21)(H2,19,22,26)/t27-/m0/s1. The highest BCUT2D eigenvalue weighted by Crippen LogP contribution is 2.29. The summed E-state index contributed by atoms with van der Waals surface area (Å²) in [5.41, 5.74) is 1.36. The Morgan fingerprint density at radius 2 is 2.19 bits per heavy atom. The van der Waals surface area contributed by atoms with Crippen LogP contribution in [-0.4, -0.2) is 42.9 Å². The molecule has 2 aromatic rings. The molecule has 3 N–H and O–H groups in total. The van der Waals surface area contributed by atoms with Gasteiger partial charge >= 0.3 is 0 Å². The minimum absolute atomic E-state index is 0.0737. The zero-order valence-electron chi connectivity index (χ0n) is 14.4. The lowest BCUT2D eigenvalue weighted by Crippen LogP contribution is -2.43. The first kappa shape index (κ1) is 19.3. The van der Waals surface area contributed by atoms with Crippen LogP contribution in [0.5, 0.6) is 0 Å². The molecule has 1 aliphatic rings. The molecule has 3 rings (SSSR count). The SMILES string of the molecule is N#CCn1nc(Cl)c2c(NCC3CCN([S@@](N)(=O)=NC#N)CC3)ccnc21. The molecule has 0 radical (unpaired) electrons. The molecule has 0 saturated carbocycles. The summed E-state index contributed by atoms with van der Waals surface area (Å²) in [6, 6.07) is 3.85. The number of nitrogens with two attached hydrogens (primary N) is 1. The first-order valence-electron chi connectivity index (χ1n) is 8.26. The van der Waals surface area contributed by atoms with Crippen molar-refractivity contribution in [2.75, 3.05) is 25.0 Å². The Hall–Kier alpha value is -2.44. The number of nitriles is 2. The molecule has 0 unspecified atom stereocenters. The third-order valence-corrected chi connectivity index (χ3v) is 6.22. The van der Waals surface area contributed by atoms with E-state index in [4.69, 9.17) is 27.3 Å². The molecule has 1 saturated heterocycles. The predicted octanol–water partition coefficient (Wildman–Crippen LogP) is 1.47. The summed E-state index contributed by atoms with van der Waals surface area (Å²) < 4.78 is 18.5. The number of aromatic nitrogens is 3. The highest BCUT2D eigenvalue weighted by molar-refractivity contribution is 7.89. The molecule has 1 fully saturated rings. The van der Waals surface area contributed by atoms with Gasteiger partial charge in [0.25, 0.3) is 0 Å². The van der Waals surface area contributed by atoms with Gasteiger partial charge in [0.2, 0.25) is 6.19 Å². The number of anilines is 1. The van der Waals surface area contributed by atoms with E-state index in [9.17, 15) is 4.21 Å². The summed E-state index contributed by atoms with van der Waals surface area (Å²) >= 11 is 6.23. The highest BCUT2D eigenvalue weighted by Gasteiger charge is 2.25. The summed E-state index contributed by atoms with van der Waals surface area (Å²) in [6.07, 6.45) is 4.72. The lowest BCUT2D eigenvalue weighted by atomic mass is 9.98. The number of rotatable bonds is 5. The van der Waals surface area contributed by atoms with Crippen molar-refractivity contribution in [3.8, 4) is 12.3 Å². The fraction of sp³-hybridized carbons (Fsp3) is 0.467. The second-order valence-electron chi connectivity index (χ2n) is 6.15. The molecule has 3 heterocycles. The van der Waals surface area contributed by atoms with Crippen molar-refractivity contribution in [3.05, 3.63) is 17.4 Å². The van der Waals surface area contributed by atoms with Crippen LogP contribution in [0.4, 0.5) is 5.69 Å². The summed E-state index contributed by atoms with van der Waals surface area (Å²) in [7, 11) is -3.10. The summed E-state index contributed by atoms with van der Waals surface area (Å²) in [4.78, 5) is 4.27. The van der Waals surface area contributed by atoms with E-state index >= 15 is 0 Å². The van der Waals surface area contributed by atoms with Crippen LogP contribution >= 0.6 is 11.6 Å². The summed E-state index contributed by atoms with van der Waals surface area (Å²) in [6.45, 7) is 1.79. The average molecular weight is 408 g/mol. The highest BCUT2D eigenvalue weighted by atomic mass is 35.5. The Bertz CT molecular complexity index is 1040. The van der Waals surface area contributed by atoms with Crippen molar-refractivity contribution in [3.63, 3.8) is 0 Å². The van der Waals surface area contributed by atoms with Crippen molar-refractivity contribution in [2.45, 2.75) is 19.4 Å². The third kappa shape index (κ3) is 4.12. The molecule has 10 nitrogen and oxygen atoms in total. The van der Waals surface area contributed by atoms with Gasteiger partial charge < -0.3 is 5.32 Å². The molecule has 0 aromatic carbocycles. The Morgan fingerprint density at radius 3 is 2.85 bits per heavy atom.